The Labute approximate surface area is 88.4 Å². The van der Waals surface area contributed by atoms with Crippen LogP contribution in [0.25, 0.3) is 0 Å². The fraction of sp³-hybridized carbons (Fsp3) is 0.400. The zero-order valence-corrected chi connectivity index (χ0v) is 8.60. The molecule has 0 aromatic carbocycles. The van der Waals surface area contributed by atoms with Crippen LogP contribution in [-0.4, -0.2) is 37.8 Å². The minimum absolute atomic E-state index is 0.0334. The topological polar surface area (TPSA) is 60.5 Å². The van der Waals surface area contributed by atoms with Crippen molar-refractivity contribution < 1.29 is 14.3 Å². The molecule has 0 fully saturated rings. The molecule has 1 amide bonds. The molecule has 0 bridgehead atoms. The van der Waals surface area contributed by atoms with Crippen LogP contribution in [0.4, 0.5) is 5.69 Å². The zero-order valence-electron chi connectivity index (χ0n) is 8.60. The summed E-state index contributed by atoms with van der Waals surface area (Å²) in [5.74, 6) is -0.183. The molecule has 1 N–H and O–H groups in total. The van der Waals surface area contributed by atoms with Gasteiger partial charge in [0.05, 0.1) is 13.2 Å². The van der Waals surface area contributed by atoms with Gasteiger partial charge in [-0.25, -0.2) is 0 Å². The SMILES string of the molecule is COCCOCC(=O)Nc1ccncc1. The summed E-state index contributed by atoms with van der Waals surface area (Å²) in [6.45, 7) is 0.939. The first-order chi connectivity index (χ1) is 7.33. The average molecular weight is 210 g/mol. The Balaban J connectivity index is 2.19. The second-order valence-corrected chi connectivity index (χ2v) is 2.83. The summed E-state index contributed by atoms with van der Waals surface area (Å²) in [6, 6.07) is 3.43. The van der Waals surface area contributed by atoms with Crippen molar-refractivity contribution in [1.82, 2.24) is 4.98 Å². The van der Waals surface area contributed by atoms with Gasteiger partial charge in [0.15, 0.2) is 0 Å². The molecular formula is C10H14N2O3. The Morgan fingerprint density at radius 2 is 2.13 bits per heavy atom. The third kappa shape index (κ3) is 5.09. The first-order valence-corrected chi connectivity index (χ1v) is 4.59. The number of nitrogens with one attached hydrogen (secondary N) is 1. The smallest absolute Gasteiger partial charge is 0.250 e. The van der Waals surface area contributed by atoms with E-state index in [1.54, 1.807) is 31.6 Å². The number of pyridine rings is 1. The van der Waals surface area contributed by atoms with Gasteiger partial charge >= 0.3 is 0 Å². The number of anilines is 1. The van der Waals surface area contributed by atoms with Crippen LogP contribution in [0, 0.1) is 0 Å². The van der Waals surface area contributed by atoms with Crippen LogP contribution in [0.1, 0.15) is 0 Å². The molecule has 5 nitrogen and oxygen atoms in total. The molecule has 0 atom stereocenters. The maximum Gasteiger partial charge on any atom is 0.250 e. The summed E-state index contributed by atoms with van der Waals surface area (Å²) in [7, 11) is 1.58. The molecule has 0 aliphatic heterocycles. The van der Waals surface area contributed by atoms with E-state index in [1.807, 2.05) is 0 Å². The van der Waals surface area contributed by atoms with E-state index in [4.69, 9.17) is 9.47 Å². The molecule has 15 heavy (non-hydrogen) atoms. The summed E-state index contributed by atoms with van der Waals surface area (Å²) < 4.78 is 9.83. The molecular weight excluding hydrogens is 196 g/mol. The molecule has 5 heteroatoms. The third-order valence-corrected chi connectivity index (χ3v) is 1.63. The molecule has 0 aliphatic carbocycles. The van der Waals surface area contributed by atoms with E-state index < -0.39 is 0 Å². The second kappa shape index (κ2) is 6.92. The van der Waals surface area contributed by atoms with E-state index >= 15 is 0 Å². The number of aromatic nitrogens is 1. The predicted molar refractivity (Wildman–Crippen MR) is 55.6 cm³/mol. The van der Waals surface area contributed by atoms with Gasteiger partial charge in [0, 0.05) is 25.2 Å². The maximum atomic E-state index is 11.3. The highest BCUT2D eigenvalue weighted by atomic mass is 16.5. The highest BCUT2D eigenvalue weighted by Gasteiger charge is 2.01. The van der Waals surface area contributed by atoms with Gasteiger partial charge in [-0.3, -0.25) is 9.78 Å². The number of hydrogen-bond acceptors (Lipinski definition) is 4. The van der Waals surface area contributed by atoms with Crippen molar-refractivity contribution in [3.05, 3.63) is 24.5 Å². The van der Waals surface area contributed by atoms with Crippen LogP contribution in [0.3, 0.4) is 0 Å². The molecule has 1 rings (SSSR count). The van der Waals surface area contributed by atoms with Gasteiger partial charge in [0.2, 0.25) is 5.91 Å². The van der Waals surface area contributed by atoms with Gasteiger partial charge in [0.25, 0.3) is 0 Å². The fourth-order valence-electron chi connectivity index (χ4n) is 0.939. The van der Waals surface area contributed by atoms with Crippen molar-refractivity contribution in [2.75, 3.05) is 32.2 Å². The third-order valence-electron chi connectivity index (χ3n) is 1.63. The first kappa shape index (κ1) is 11.6. The molecule has 1 heterocycles. The molecule has 1 aromatic heterocycles. The molecule has 0 radical (unpaired) electrons. The summed E-state index contributed by atoms with van der Waals surface area (Å²) in [5.41, 5.74) is 0.713. The molecule has 82 valence electrons. The standard InChI is InChI=1S/C10H14N2O3/c1-14-6-7-15-8-10(13)12-9-2-4-11-5-3-9/h2-5H,6-8H2,1H3,(H,11,12,13). The van der Waals surface area contributed by atoms with Crippen molar-refractivity contribution >= 4 is 11.6 Å². The maximum absolute atomic E-state index is 11.3. The van der Waals surface area contributed by atoms with Crippen molar-refractivity contribution in [1.29, 1.82) is 0 Å². The Bertz CT molecular complexity index is 290. The fourth-order valence-corrected chi connectivity index (χ4v) is 0.939. The zero-order chi connectivity index (χ0) is 10.9. The van der Waals surface area contributed by atoms with Gasteiger partial charge < -0.3 is 14.8 Å². The second-order valence-electron chi connectivity index (χ2n) is 2.83. The number of rotatable bonds is 6. The predicted octanol–water partition coefficient (Wildman–Crippen LogP) is 0.683. The minimum Gasteiger partial charge on any atom is -0.382 e. The Hall–Kier alpha value is -1.46. The minimum atomic E-state index is -0.183. The largest absolute Gasteiger partial charge is 0.382 e. The molecule has 0 aliphatic rings. The lowest BCUT2D eigenvalue weighted by Crippen LogP contribution is -2.19. The number of amides is 1. The first-order valence-electron chi connectivity index (χ1n) is 4.59. The lowest BCUT2D eigenvalue weighted by atomic mass is 10.4. The van der Waals surface area contributed by atoms with E-state index in [-0.39, 0.29) is 12.5 Å². The van der Waals surface area contributed by atoms with Crippen molar-refractivity contribution in [3.63, 3.8) is 0 Å². The van der Waals surface area contributed by atoms with Gasteiger partial charge in [-0.15, -0.1) is 0 Å². The quantitative estimate of drug-likeness (QED) is 0.701. The summed E-state index contributed by atoms with van der Waals surface area (Å²) >= 11 is 0. The highest BCUT2D eigenvalue weighted by Crippen LogP contribution is 2.02. The number of carbonyl (C=O) groups excluding carboxylic acids is 1. The van der Waals surface area contributed by atoms with Crippen LogP contribution in [0.15, 0.2) is 24.5 Å². The molecule has 0 saturated heterocycles. The highest BCUT2D eigenvalue weighted by molar-refractivity contribution is 5.91. The van der Waals surface area contributed by atoms with Crippen molar-refractivity contribution in [2.24, 2.45) is 0 Å². The Morgan fingerprint density at radius 3 is 2.80 bits per heavy atom. The number of hydrogen-bond donors (Lipinski definition) is 1. The molecule has 1 aromatic rings. The number of nitrogens with zero attached hydrogens (tertiary/aromatic N) is 1. The van der Waals surface area contributed by atoms with E-state index in [2.05, 4.69) is 10.3 Å². The van der Waals surface area contributed by atoms with Crippen LogP contribution in [0.5, 0.6) is 0 Å². The van der Waals surface area contributed by atoms with E-state index in [0.717, 1.165) is 0 Å². The average Bonchev–Trinajstić information content (AvgIpc) is 2.26. The van der Waals surface area contributed by atoms with Crippen LogP contribution in [0.2, 0.25) is 0 Å². The number of carbonyl (C=O) groups is 1. The van der Waals surface area contributed by atoms with Gasteiger partial charge in [0.1, 0.15) is 6.61 Å². The normalized spacial score (nSPS) is 9.93. The van der Waals surface area contributed by atoms with Crippen molar-refractivity contribution in [3.8, 4) is 0 Å². The Kier molecular flexibility index (Phi) is 5.35. The van der Waals surface area contributed by atoms with Crippen LogP contribution < -0.4 is 5.32 Å². The Morgan fingerprint density at radius 1 is 1.40 bits per heavy atom. The van der Waals surface area contributed by atoms with E-state index in [9.17, 15) is 4.79 Å². The molecule has 0 saturated carbocycles. The summed E-state index contributed by atoms with van der Waals surface area (Å²) in [4.78, 5) is 15.1. The van der Waals surface area contributed by atoms with Crippen molar-refractivity contribution in [2.45, 2.75) is 0 Å². The lowest BCUT2D eigenvalue weighted by molar-refractivity contribution is -0.121. The monoisotopic (exact) mass is 210 g/mol. The van der Waals surface area contributed by atoms with E-state index in [1.165, 1.54) is 0 Å². The summed E-state index contributed by atoms with van der Waals surface area (Å²) in [5, 5.41) is 2.67. The van der Waals surface area contributed by atoms with Gasteiger partial charge in [-0.2, -0.15) is 0 Å². The molecule has 0 spiro atoms. The molecule has 0 unspecified atom stereocenters. The number of methoxy groups -OCH3 is 1. The van der Waals surface area contributed by atoms with E-state index in [0.29, 0.717) is 18.9 Å². The van der Waals surface area contributed by atoms with Gasteiger partial charge in [-0.05, 0) is 12.1 Å². The lowest BCUT2D eigenvalue weighted by Gasteiger charge is -2.05. The summed E-state index contributed by atoms with van der Waals surface area (Å²) in [6.07, 6.45) is 3.22. The van der Waals surface area contributed by atoms with Crippen LogP contribution >= 0.6 is 0 Å². The van der Waals surface area contributed by atoms with Gasteiger partial charge in [-0.1, -0.05) is 0 Å². The van der Waals surface area contributed by atoms with Crippen LogP contribution in [-0.2, 0) is 14.3 Å². The number of ether oxygens (including phenoxy) is 2.